The van der Waals surface area contributed by atoms with Gasteiger partial charge in [-0.1, -0.05) is 46.4 Å². The summed E-state index contributed by atoms with van der Waals surface area (Å²) in [5, 5.41) is 0.795. The SMILES string of the molecule is Cc1cc(Cl)c(Cl)cc1S(=O)(=O)N1CCN(S(=O)(=O)c2cc(Cl)c(Cl)cc2C)[C@@H](C)C1. The second-order valence-electron chi connectivity index (χ2n) is 7.39. The minimum atomic E-state index is -3.91. The number of hydrogen-bond donors (Lipinski definition) is 0. The van der Waals surface area contributed by atoms with Gasteiger partial charge in [-0.05, 0) is 56.2 Å². The summed E-state index contributed by atoms with van der Waals surface area (Å²) < 4.78 is 55.5. The van der Waals surface area contributed by atoms with Crippen LogP contribution in [0, 0.1) is 13.8 Å². The average Bonchev–Trinajstić information content (AvgIpc) is 2.66. The number of rotatable bonds is 4. The van der Waals surface area contributed by atoms with E-state index in [1.165, 1.54) is 32.9 Å². The summed E-state index contributed by atoms with van der Waals surface area (Å²) in [6, 6.07) is 5.03. The summed E-state index contributed by atoms with van der Waals surface area (Å²) in [4.78, 5) is 0.0936. The van der Waals surface area contributed by atoms with Gasteiger partial charge in [0.05, 0.1) is 29.9 Å². The predicted molar refractivity (Wildman–Crippen MR) is 125 cm³/mol. The molecule has 1 aliphatic heterocycles. The summed E-state index contributed by atoms with van der Waals surface area (Å²) in [6.45, 7) is 4.89. The van der Waals surface area contributed by atoms with E-state index in [0.717, 1.165) is 0 Å². The van der Waals surface area contributed by atoms with Crippen LogP contribution in [0.2, 0.25) is 20.1 Å². The van der Waals surface area contributed by atoms with Crippen LogP contribution in [0.25, 0.3) is 0 Å². The molecule has 0 N–H and O–H groups in total. The van der Waals surface area contributed by atoms with Crippen molar-refractivity contribution in [3.05, 3.63) is 55.5 Å². The van der Waals surface area contributed by atoms with E-state index in [2.05, 4.69) is 0 Å². The van der Waals surface area contributed by atoms with Crippen LogP contribution in [0.1, 0.15) is 18.1 Å². The molecule has 0 radical (unpaired) electrons. The second-order valence-corrected chi connectivity index (χ2v) is 12.8. The highest BCUT2D eigenvalue weighted by molar-refractivity contribution is 7.89. The number of nitrogens with zero attached hydrogens (tertiary/aromatic N) is 2. The molecular weight excluding hydrogens is 526 g/mol. The molecule has 3 rings (SSSR count). The molecule has 0 amide bonds. The second kappa shape index (κ2) is 8.99. The van der Waals surface area contributed by atoms with Gasteiger partial charge in [-0.3, -0.25) is 0 Å². The molecule has 170 valence electrons. The highest BCUT2D eigenvalue weighted by Gasteiger charge is 2.39. The Labute approximate surface area is 202 Å². The van der Waals surface area contributed by atoms with Crippen LogP contribution < -0.4 is 0 Å². The highest BCUT2D eigenvalue weighted by Crippen LogP contribution is 2.33. The molecule has 0 spiro atoms. The van der Waals surface area contributed by atoms with Gasteiger partial charge >= 0.3 is 0 Å². The number of aryl methyl sites for hydroxylation is 2. The molecular formula is C19H20Cl4N2O4S2. The molecule has 1 saturated heterocycles. The van der Waals surface area contributed by atoms with E-state index in [1.807, 2.05) is 0 Å². The van der Waals surface area contributed by atoms with E-state index in [-0.39, 0.29) is 49.5 Å². The maximum absolute atomic E-state index is 13.3. The van der Waals surface area contributed by atoms with Gasteiger partial charge in [0.2, 0.25) is 20.0 Å². The molecule has 2 aromatic rings. The third-order valence-electron chi connectivity index (χ3n) is 5.17. The van der Waals surface area contributed by atoms with Gasteiger partial charge in [-0.25, -0.2) is 16.8 Å². The van der Waals surface area contributed by atoms with Crippen LogP contribution >= 0.6 is 46.4 Å². The normalized spacial score (nSPS) is 19.0. The number of sulfonamides is 2. The van der Waals surface area contributed by atoms with Gasteiger partial charge in [-0.15, -0.1) is 0 Å². The largest absolute Gasteiger partial charge is 0.243 e. The van der Waals surface area contributed by atoms with Crippen molar-refractivity contribution >= 4 is 66.5 Å². The van der Waals surface area contributed by atoms with Gasteiger partial charge in [0.1, 0.15) is 0 Å². The van der Waals surface area contributed by atoms with E-state index >= 15 is 0 Å². The van der Waals surface area contributed by atoms with Crippen LogP contribution in [-0.4, -0.2) is 51.1 Å². The van der Waals surface area contributed by atoms with Gasteiger partial charge < -0.3 is 0 Å². The van der Waals surface area contributed by atoms with Crippen molar-refractivity contribution in [2.45, 2.75) is 36.6 Å². The number of hydrogen-bond acceptors (Lipinski definition) is 4. The Morgan fingerprint density at radius 2 is 1.16 bits per heavy atom. The smallest absolute Gasteiger partial charge is 0.207 e. The minimum absolute atomic E-state index is 0.00798. The van der Waals surface area contributed by atoms with Crippen molar-refractivity contribution < 1.29 is 16.8 Å². The molecule has 0 unspecified atom stereocenters. The fourth-order valence-corrected chi connectivity index (χ4v) is 8.05. The van der Waals surface area contributed by atoms with E-state index in [0.29, 0.717) is 11.1 Å². The molecule has 0 aliphatic carbocycles. The molecule has 0 aromatic heterocycles. The standard InChI is InChI=1S/C19H20Cl4N2O4S2/c1-11-6-14(20)16(22)8-18(11)30(26,27)24-4-5-25(13(3)10-24)31(28,29)19-9-17(23)15(21)7-12(19)2/h6-9,13H,4-5,10H2,1-3H3/t13-/m0/s1. The maximum atomic E-state index is 13.3. The third kappa shape index (κ3) is 4.73. The fraction of sp³-hybridized carbons (Fsp3) is 0.368. The highest BCUT2D eigenvalue weighted by atomic mass is 35.5. The summed E-state index contributed by atoms with van der Waals surface area (Å²) in [5.74, 6) is 0. The lowest BCUT2D eigenvalue weighted by Crippen LogP contribution is -2.55. The first kappa shape index (κ1) is 25.1. The molecule has 12 heteroatoms. The lowest BCUT2D eigenvalue weighted by Gasteiger charge is -2.38. The Morgan fingerprint density at radius 1 is 0.742 bits per heavy atom. The first-order chi connectivity index (χ1) is 14.3. The van der Waals surface area contributed by atoms with E-state index in [1.54, 1.807) is 20.8 Å². The van der Waals surface area contributed by atoms with Crippen molar-refractivity contribution in [3.63, 3.8) is 0 Å². The first-order valence-corrected chi connectivity index (χ1v) is 13.6. The first-order valence-electron chi connectivity index (χ1n) is 9.20. The van der Waals surface area contributed by atoms with E-state index < -0.39 is 26.1 Å². The summed E-state index contributed by atoms with van der Waals surface area (Å²) in [7, 11) is -7.79. The van der Waals surface area contributed by atoms with Gasteiger partial charge in [0, 0.05) is 25.7 Å². The lowest BCUT2D eigenvalue weighted by atomic mass is 10.2. The average molecular weight is 546 g/mol. The Morgan fingerprint density at radius 3 is 1.61 bits per heavy atom. The zero-order valence-corrected chi connectivity index (χ0v) is 21.5. The monoisotopic (exact) mass is 544 g/mol. The summed E-state index contributed by atoms with van der Waals surface area (Å²) in [6.07, 6.45) is 0. The zero-order chi connectivity index (χ0) is 23.3. The Kier molecular flexibility index (Phi) is 7.26. The number of halogens is 4. The third-order valence-corrected chi connectivity index (χ3v) is 10.8. The zero-order valence-electron chi connectivity index (χ0n) is 16.9. The predicted octanol–water partition coefficient (Wildman–Crippen LogP) is 5.00. The van der Waals surface area contributed by atoms with Crippen molar-refractivity contribution in [3.8, 4) is 0 Å². The van der Waals surface area contributed by atoms with Gasteiger partial charge in [0.25, 0.3) is 0 Å². The van der Waals surface area contributed by atoms with E-state index in [4.69, 9.17) is 46.4 Å². The van der Waals surface area contributed by atoms with Crippen LogP contribution in [0.4, 0.5) is 0 Å². The van der Waals surface area contributed by atoms with Gasteiger partial charge in [0.15, 0.2) is 0 Å². The minimum Gasteiger partial charge on any atom is -0.207 e. The van der Waals surface area contributed by atoms with Crippen LogP contribution in [0.3, 0.4) is 0 Å². The van der Waals surface area contributed by atoms with Crippen molar-refractivity contribution in [1.82, 2.24) is 8.61 Å². The van der Waals surface area contributed by atoms with Crippen LogP contribution in [0.15, 0.2) is 34.1 Å². The summed E-state index contributed by atoms with van der Waals surface area (Å²) in [5.41, 5.74) is 0.923. The molecule has 1 aliphatic rings. The molecule has 0 saturated carbocycles. The van der Waals surface area contributed by atoms with Crippen molar-refractivity contribution in [2.24, 2.45) is 0 Å². The number of piperazine rings is 1. The van der Waals surface area contributed by atoms with Crippen LogP contribution in [0.5, 0.6) is 0 Å². The molecule has 1 atom stereocenters. The number of benzene rings is 2. The Hall–Kier alpha value is -0.580. The Balaban J connectivity index is 1.90. The molecule has 31 heavy (non-hydrogen) atoms. The molecule has 1 fully saturated rings. The molecule has 1 heterocycles. The lowest BCUT2D eigenvalue weighted by molar-refractivity contribution is 0.212. The molecule has 6 nitrogen and oxygen atoms in total. The maximum Gasteiger partial charge on any atom is 0.243 e. The van der Waals surface area contributed by atoms with Crippen molar-refractivity contribution in [2.75, 3.05) is 19.6 Å². The Bertz CT molecular complexity index is 1250. The van der Waals surface area contributed by atoms with E-state index in [9.17, 15) is 16.8 Å². The topological polar surface area (TPSA) is 74.8 Å². The quantitative estimate of drug-likeness (QED) is 0.541. The van der Waals surface area contributed by atoms with Crippen LogP contribution in [-0.2, 0) is 20.0 Å². The molecule has 0 bridgehead atoms. The summed E-state index contributed by atoms with van der Waals surface area (Å²) >= 11 is 24.0. The fourth-order valence-electron chi connectivity index (χ4n) is 3.56. The van der Waals surface area contributed by atoms with Crippen molar-refractivity contribution in [1.29, 1.82) is 0 Å². The van der Waals surface area contributed by atoms with Gasteiger partial charge in [-0.2, -0.15) is 8.61 Å². The molecule has 2 aromatic carbocycles.